The zero-order valence-electron chi connectivity index (χ0n) is 33.4. The zero-order chi connectivity index (χ0) is 40.3. The molecule has 5 unspecified atom stereocenters. The van der Waals surface area contributed by atoms with Crippen molar-refractivity contribution in [3.63, 3.8) is 0 Å². The van der Waals surface area contributed by atoms with Crippen LogP contribution in [-0.4, -0.2) is 104 Å². The average Bonchev–Trinajstić information content (AvgIpc) is 3.12. The topological polar surface area (TPSA) is 177 Å². The Morgan fingerprint density at radius 3 is 1.98 bits per heavy atom. The maximum absolute atomic E-state index is 13.8. The Bertz CT molecular complexity index is 1680. The van der Waals surface area contributed by atoms with E-state index in [4.69, 9.17) is 0 Å². The van der Waals surface area contributed by atoms with Crippen LogP contribution in [0.3, 0.4) is 0 Å². The van der Waals surface area contributed by atoms with Crippen LogP contribution >= 0.6 is 0 Å². The summed E-state index contributed by atoms with van der Waals surface area (Å²) < 4.78 is 27.4. The molecule has 14 heteroatoms. The monoisotopic (exact) mass is 770 g/mol. The predicted octanol–water partition coefficient (Wildman–Crippen LogP) is 4.16. The van der Waals surface area contributed by atoms with E-state index in [1.165, 1.54) is 25.1 Å². The molecular formula is C40H62N6O7S. The number of anilines is 1. The highest BCUT2D eigenvalue weighted by Gasteiger charge is 2.34. The number of hydrogen-bond acceptors (Lipinski definition) is 8. The first kappa shape index (κ1) is 44.4. The molecule has 0 aliphatic carbocycles. The molecule has 54 heavy (non-hydrogen) atoms. The van der Waals surface area contributed by atoms with Gasteiger partial charge in [0.1, 0.15) is 6.04 Å². The number of rotatable bonds is 18. The molecule has 0 bridgehead atoms. The van der Waals surface area contributed by atoms with Gasteiger partial charge in [-0.15, -0.1) is 0 Å². The fourth-order valence-corrected chi connectivity index (χ4v) is 7.22. The fraction of sp³-hybridized carbons (Fsp3) is 0.600. The third kappa shape index (κ3) is 13.1. The molecule has 2 aromatic carbocycles. The van der Waals surface area contributed by atoms with Crippen molar-refractivity contribution in [1.29, 1.82) is 0 Å². The number of hydrogen-bond donors (Lipinski definition) is 5. The normalized spacial score (nSPS) is 16.9. The minimum Gasteiger partial charge on any atom is -0.391 e. The van der Waals surface area contributed by atoms with E-state index in [1.54, 1.807) is 18.9 Å². The van der Waals surface area contributed by atoms with Crippen LogP contribution in [0.2, 0.25) is 0 Å². The Kier molecular flexibility index (Phi) is 16.5. The second-order valence-corrected chi connectivity index (χ2v) is 17.5. The van der Waals surface area contributed by atoms with Gasteiger partial charge in [0.05, 0.1) is 29.6 Å². The Hall–Kier alpha value is -4.01. The summed E-state index contributed by atoms with van der Waals surface area (Å²) in [6.07, 6.45) is 0.977. The van der Waals surface area contributed by atoms with E-state index in [1.807, 2.05) is 65.0 Å². The van der Waals surface area contributed by atoms with Gasteiger partial charge in [0.25, 0.3) is 11.8 Å². The first-order valence-electron chi connectivity index (χ1n) is 19.1. The molecule has 3 rings (SSSR count). The van der Waals surface area contributed by atoms with Crippen LogP contribution in [-0.2, 0) is 19.6 Å². The Morgan fingerprint density at radius 2 is 1.44 bits per heavy atom. The lowest BCUT2D eigenvalue weighted by Crippen LogP contribution is -2.55. The van der Waals surface area contributed by atoms with Gasteiger partial charge < -0.3 is 30.9 Å². The second kappa shape index (κ2) is 20.1. The van der Waals surface area contributed by atoms with E-state index in [9.17, 15) is 32.7 Å². The number of carbonyl (C=O) groups is 4. The average molecular weight is 771 g/mol. The number of amides is 4. The summed E-state index contributed by atoms with van der Waals surface area (Å²) in [7, 11) is 0.107. The number of sulfonamides is 1. The smallest absolute Gasteiger partial charge is 0.251 e. The van der Waals surface area contributed by atoms with E-state index in [0.29, 0.717) is 6.42 Å². The maximum atomic E-state index is 13.8. The molecule has 2 aromatic rings. The van der Waals surface area contributed by atoms with Gasteiger partial charge in [0.15, 0.2) is 0 Å². The Morgan fingerprint density at radius 1 is 0.870 bits per heavy atom. The molecule has 0 radical (unpaired) electrons. The summed E-state index contributed by atoms with van der Waals surface area (Å²) in [4.78, 5) is 58.3. The van der Waals surface area contributed by atoms with Crippen molar-refractivity contribution in [2.75, 3.05) is 37.7 Å². The van der Waals surface area contributed by atoms with Crippen LogP contribution in [0, 0.1) is 17.8 Å². The van der Waals surface area contributed by atoms with E-state index in [0.717, 1.165) is 31.5 Å². The minimum absolute atomic E-state index is 0.00861. The molecule has 13 nitrogen and oxygen atoms in total. The lowest BCUT2D eigenvalue weighted by Gasteiger charge is -2.37. The van der Waals surface area contributed by atoms with Crippen molar-refractivity contribution in [1.82, 2.24) is 25.8 Å². The number of carbonyl (C=O) groups excluding carboxylic acids is 4. The zero-order valence-corrected chi connectivity index (χ0v) is 34.2. The van der Waals surface area contributed by atoms with E-state index in [2.05, 4.69) is 32.6 Å². The van der Waals surface area contributed by atoms with Gasteiger partial charge in [0, 0.05) is 30.1 Å². The van der Waals surface area contributed by atoms with Crippen molar-refractivity contribution in [2.24, 2.45) is 17.8 Å². The molecule has 1 fully saturated rings. The van der Waals surface area contributed by atoms with Gasteiger partial charge in [-0.1, -0.05) is 65.0 Å². The van der Waals surface area contributed by atoms with Crippen LogP contribution < -0.4 is 20.7 Å². The van der Waals surface area contributed by atoms with Gasteiger partial charge in [-0.2, -0.15) is 0 Å². The summed E-state index contributed by atoms with van der Waals surface area (Å²) in [5.74, 6) is -2.66. The van der Waals surface area contributed by atoms with Gasteiger partial charge in [0.2, 0.25) is 21.8 Å². The summed E-state index contributed by atoms with van der Waals surface area (Å²) in [6, 6.07) is 11.7. The van der Waals surface area contributed by atoms with Crippen LogP contribution in [0.4, 0.5) is 5.69 Å². The van der Waals surface area contributed by atoms with Gasteiger partial charge in [-0.05, 0) is 95.3 Å². The molecule has 5 atom stereocenters. The standard InChI is InChI=1S/C40H62N6O7S/c1-10-54(52,53)44-32-23-30(38(49)41-28(7)29-14-12-11-13-15-29)22-31(24-32)39(50)42-34(20-25(2)3)35(47)21-27(6)37(48)43-36(26(4)5)40(51)46(9)33-16-18-45(8)19-17-33/h11-15,22-28,33-36,44,47H,10,16-21H2,1-9H3,(H,41,49)(H,42,50)(H,43,48). The molecule has 5 N–H and O–H groups in total. The molecule has 0 aromatic heterocycles. The number of benzene rings is 2. The van der Waals surface area contributed by atoms with Crippen molar-refractivity contribution in [2.45, 2.75) is 104 Å². The highest BCUT2D eigenvalue weighted by Crippen LogP contribution is 2.22. The number of likely N-dealkylation sites (N-methyl/N-ethyl adjacent to an activating group) is 1. The first-order valence-corrected chi connectivity index (χ1v) is 20.7. The summed E-state index contributed by atoms with van der Waals surface area (Å²) in [6.45, 7) is 14.4. The third-order valence-corrected chi connectivity index (χ3v) is 11.4. The predicted molar refractivity (Wildman–Crippen MR) is 212 cm³/mol. The summed E-state index contributed by atoms with van der Waals surface area (Å²) in [5, 5.41) is 20.2. The Labute approximate surface area is 322 Å². The fourth-order valence-electron chi connectivity index (χ4n) is 6.60. The van der Waals surface area contributed by atoms with E-state index in [-0.39, 0.29) is 64.7 Å². The van der Waals surface area contributed by atoms with Crippen molar-refractivity contribution in [3.05, 3.63) is 65.2 Å². The Balaban J connectivity index is 1.78. The SMILES string of the molecule is CCS(=O)(=O)Nc1cc(C(=O)NC(C)c2ccccc2)cc(C(=O)NC(CC(C)C)C(O)CC(C)C(=O)NC(C(=O)N(C)C2CCN(C)CC2)C(C)C)c1. The van der Waals surface area contributed by atoms with Crippen LogP contribution in [0.25, 0.3) is 0 Å². The van der Waals surface area contributed by atoms with Gasteiger partial charge in [-0.25, -0.2) is 8.42 Å². The third-order valence-electron chi connectivity index (χ3n) is 10.1. The molecule has 1 aliphatic rings. The second-order valence-electron chi connectivity index (χ2n) is 15.5. The molecule has 1 aliphatic heterocycles. The van der Waals surface area contributed by atoms with Crippen LogP contribution in [0.1, 0.15) is 106 Å². The van der Waals surface area contributed by atoms with E-state index < -0.39 is 45.9 Å². The van der Waals surface area contributed by atoms with Gasteiger partial charge >= 0.3 is 0 Å². The van der Waals surface area contributed by atoms with Crippen molar-refractivity contribution >= 4 is 39.3 Å². The molecular weight excluding hydrogens is 709 g/mol. The molecule has 4 amide bonds. The number of nitrogens with one attached hydrogen (secondary N) is 4. The van der Waals surface area contributed by atoms with Crippen molar-refractivity contribution < 1.29 is 32.7 Å². The van der Waals surface area contributed by atoms with Gasteiger partial charge in [-0.3, -0.25) is 23.9 Å². The molecule has 1 heterocycles. The summed E-state index contributed by atoms with van der Waals surface area (Å²) in [5.41, 5.74) is 0.999. The van der Waals surface area contributed by atoms with Crippen molar-refractivity contribution in [3.8, 4) is 0 Å². The lowest BCUT2D eigenvalue weighted by molar-refractivity contribution is -0.140. The highest BCUT2D eigenvalue weighted by molar-refractivity contribution is 7.92. The number of nitrogens with zero attached hydrogens (tertiary/aromatic N) is 2. The number of aliphatic hydroxyl groups excluding tert-OH is 1. The molecule has 0 spiro atoms. The van der Waals surface area contributed by atoms with Crippen LogP contribution in [0.5, 0.6) is 0 Å². The largest absolute Gasteiger partial charge is 0.391 e. The first-order chi connectivity index (χ1) is 25.3. The molecule has 1 saturated heterocycles. The quantitative estimate of drug-likeness (QED) is 0.150. The number of piperidine rings is 1. The molecule has 300 valence electrons. The summed E-state index contributed by atoms with van der Waals surface area (Å²) >= 11 is 0. The maximum Gasteiger partial charge on any atom is 0.251 e. The number of aliphatic hydroxyl groups is 1. The molecule has 0 saturated carbocycles. The highest BCUT2D eigenvalue weighted by atomic mass is 32.2. The van der Waals surface area contributed by atoms with Crippen LogP contribution in [0.15, 0.2) is 48.5 Å². The van der Waals surface area contributed by atoms with E-state index >= 15 is 0 Å². The minimum atomic E-state index is -3.75. The lowest BCUT2D eigenvalue weighted by atomic mass is 9.91. The number of likely N-dealkylation sites (tertiary alicyclic amines) is 1.